The molecular weight excluding hydrogens is 206 g/mol. The van der Waals surface area contributed by atoms with Crippen LogP contribution in [-0.4, -0.2) is 24.7 Å². The Kier molecular flexibility index (Phi) is 6.28. The largest absolute Gasteiger partial charge is 0.494 e. The van der Waals surface area contributed by atoms with Crippen molar-refractivity contribution in [1.29, 1.82) is 0 Å². The van der Waals surface area contributed by atoms with Crippen LogP contribution in [0.2, 0.25) is 0 Å². The Balaban J connectivity index is 2.07. The average Bonchev–Trinajstić information content (AvgIpc) is 2.26. The molecule has 0 heterocycles. The van der Waals surface area contributed by atoms with E-state index in [1.807, 2.05) is 30.3 Å². The van der Waals surface area contributed by atoms with Gasteiger partial charge in [-0.05, 0) is 31.2 Å². The van der Waals surface area contributed by atoms with Gasteiger partial charge in [0, 0.05) is 11.8 Å². The first-order chi connectivity index (χ1) is 7.33. The Morgan fingerprint density at radius 2 is 2.07 bits per heavy atom. The van der Waals surface area contributed by atoms with Gasteiger partial charge in [-0.3, -0.25) is 0 Å². The maximum absolute atomic E-state index is 5.89. The van der Waals surface area contributed by atoms with Crippen LogP contribution in [0.3, 0.4) is 0 Å². The van der Waals surface area contributed by atoms with Gasteiger partial charge in [-0.2, -0.15) is 11.8 Å². The number of ether oxygens (including phenoxy) is 1. The van der Waals surface area contributed by atoms with Crippen LogP contribution in [0.4, 0.5) is 0 Å². The molecule has 0 amide bonds. The van der Waals surface area contributed by atoms with Gasteiger partial charge in [-0.25, -0.2) is 0 Å². The lowest BCUT2D eigenvalue weighted by atomic mass is 10.2. The van der Waals surface area contributed by atoms with Crippen molar-refractivity contribution in [1.82, 2.24) is 0 Å². The monoisotopic (exact) mass is 225 g/mol. The molecule has 15 heavy (non-hydrogen) atoms. The smallest absolute Gasteiger partial charge is 0.119 e. The fraction of sp³-hybridized carbons (Fsp3) is 0.500. The number of hydrogen-bond acceptors (Lipinski definition) is 3. The summed E-state index contributed by atoms with van der Waals surface area (Å²) in [7, 11) is 0. The Labute approximate surface area is 96.2 Å². The van der Waals surface area contributed by atoms with E-state index in [-0.39, 0.29) is 0 Å². The second kappa shape index (κ2) is 7.60. The first-order valence-electron chi connectivity index (χ1n) is 5.25. The lowest BCUT2D eigenvalue weighted by Gasteiger charge is -2.10. The van der Waals surface area contributed by atoms with E-state index in [4.69, 9.17) is 10.5 Å². The number of thioether (sulfide) groups is 1. The molecule has 84 valence electrons. The van der Waals surface area contributed by atoms with Crippen molar-refractivity contribution < 1.29 is 4.74 Å². The van der Waals surface area contributed by atoms with Crippen LogP contribution < -0.4 is 10.5 Å². The summed E-state index contributed by atoms with van der Waals surface area (Å²) < 4.78 is 5.57. The Morgan fingerprint density at radius 3 is 2.73 bits per heavy atom. The van der Waals surface area contributed by atoms with Crippen molar-refractivity contribution in [3.8, 4) is 5.75 Å². The van der Waals surface area contributed by atoms with Gasteiger partial charge in [-0.15, -0.1) is 0 Å². The molecule has 2 nitrogen and oxygen atoms in total. The molecule has 0 bridgehead atoms. The zero-order chi connectivity index (χ0) is 10.9. The second-order valence-electron chi connectivity index (χ2n) is 3.52. The molecule has 1 unspecified atom stereocenters. The summed E-state index contributed by atoms with van der Waals surface area (Å²) >= 11 is 1.80. The van der Waals surface area contributed by atoms with E-state index in [1.54, 1.807) is 11.8 Å². The summed E-state index contributed by atoms with van der Waals surface area (Å²) in [6.45, 7) is 0.756. The summed E-state index contributed by atoms with van der Waals surface area (Å²) in [5, 5.41) is 0. The molecule has 0 spiro atoms. The van der Waals surface area contributed by atoms with Gasteiger partial charge in [0.25, 0.3) is 0 Å². The molecule has 0 saturated heterocycles. The first kappa shape index (κ1) is 12.4. The van der Waals surface area contributed by atoms with E-state index in [9.17, 15) is 0 Å². The highest BCUT2D eigenvalue weighted by atomic mass is 32.2. The van der Waals surface area contributed by atoms with Gasteiger partial charge >= 0.3 is 0 Å². The molecule has 0 aliphatic carbocycles. The second-order valence-corrected chi connectivity index (χ2v) is 4.43. The topological polar surface area (TPSA) is 35.2 Å². The van der Waals surface area contributed by atoms with Crippen molar-refractivity contribution in [2.45, 2.75) is 18.9 Å². The lowest BCUT2D eigenvalue weighted by molar-refractivity contribution is 0.303. The molecule has 1 atom stereocenters. The van der Waals surface area contributed by atoms with Gasteiger partial charge in [-0.1, -0.05) is 18.2 Å². The third-order valence-electron chi connectivity index (χ3n) is 2.11. The van der Waals surface area contributed by atoms with E-state index in [1.165, 1.54) is 0 Å². The Bertz CT molecular complexity index is 253. The van der Waals surface area contributed by atoms with Crippen molar-refractivity contribution >= 4 is 11.8 Å². The van der Waals surface area contributed by atoms with Gasteiger partial charge in [0.05, 0.1) is 6.61 Å². The van der Waals surface area contributed by atoms with Crippen molar-refractivity contribution in [3.63, 3.8) is 0 Å². The molecule has 3 heteroatoms. The molecule has 0 saturated carbocycles. The fourth-order valence-corrected chi connectivity index (χ4v) is 1.94. The summed E-state index contributed by atoms with van der Waals surface area (Å²) in [4.78, 5) is 0. The minimum absolute atomic E-state index is 0.305. The third-order valence-corrected chi connectivity index (χ3v) is 2.87. The first-order valence-corrected chi connectivity index (χ1v) is 6.64. The van der Waals surface area contributed by atoms with Crippen LogP contribution in [-0.2, 0) is 0 Å². The zero-order valence-corrected chi connectivity index (χ0v) is 10.0. The zero-order valence-electron chi connectivity index (χ0n) is 9.19. The standard InChI is InChI=1S/C12H19NOS/c1-15-10-11(13)6-5-9-14-12-7-3-2-4-8-12/h2-4,7-8,11H,5-6,9-10,13H2,1H3. The predicted molar refractivity (Wildman–Crippen MR) is 67.5 cm³/mol. The van der Waals surface area contributed by atoms with Crippen molar-refractivity contribution in [2.24, 2.45) is 5.73 Å². The van der Waals surface area contributed by atoms with Crippen LogP contribution in [0.5, 0.6) is 5.75 Å². The highest BCUT2D eigenvalue weighted by molar-refractivity contribution is 7.98. The van der Waals surface area contributed by atoms with Crippen LogP contribution in [0, 0.1) is 0 Å². The minimum Gasteiger partial charge on any atom is -0.494 e. The number of nitrogens with two attached hydrogens (primary N) is 1. The molecule has 1 rings (SSSR count). The predicted octanol–water partition coefficient (Wildman–Crippen LogP) is 2.54. The highest BCUT2D eigenvalue weighted by Gasteiger charge is 2.00. The number of hydrogen-bond donors (Lipinski definition) is 1. The van der Waals surface area contributed by atoms with E-state index >= 15 is 0 Å². The van der Waals surface area contributed by atoms with Crippen molar-refractivity contribution in [2.75, 3.05) is 18.6 Å². The number of benzene rings is 1. The Hall–Kier alpha value is -0.670. The summed E-state index contributed by atoms with van der Waals surface area (Å²) in [6.07, 6.45) is 4.14. The molecule has 0 aromatic heterocycles. The Morgan fingerprint density at radius 1 is 1.33 bits per heavy atom. The SMILES string of the molecule is CSCC(N)CCCOc1ccccc1. The van der Waals surface area contributed by atoms with Gasteiger partial charge < -0.3 is 10.5 Å². The quantitative estimate of drug-likeness (QED) is 0.724. The van der Waals surface area contributed by atoms with Crippen molar-refractivity contribution in [3.05, 3.63) is 30.3 Å². The van der Waals surface area contributed by atoms with E-state index < -0.39 is 0 Å². The van der Waals surface area contributed by atoms with Crippen LogP contribution in [0.15, 0.2) is 30.3 Å². The summed E-state index contributed by atoms with van der Waals surface area (Å²) in [5.41, 5.74) is 5.89. The van der Waals surface area contributed by atoms with Crippen LogP contribution in [0.25, 0.3) is 0 Å². The van der Waals surface area contributed by atoms with E-state index in [0.717, 1.165) is 31.0 Å². The van der Waals surface area contributed by atoms with E-state index in [2.05, 4.69) is 6.26 Å². The molecule has 0 fully saturated rings. The van der Waals surface area contributed by atoms with Gasteiger partial charge in [0.2, 0.25) is 0 Å². The summed E-state index contributed by atoms with van der Waals surface area (Å²) in [5.74, 6) is 1.97. The number of rotatable bonds is 7. The fourth-order valence-electron chi connectivity index (χ4n) is 1.35. The molecule has 0 aliphatic heterocycles. The highest BCUT2D eigenvalue weighted by Crippen LogP contribution is 2.09. The average molecular weight is 225 g/mol. The summed E-state index contributed by atoms with van der Waals surface area (Å²) in [6, 6.07) is 10.2. The van der Waals surface area contributed by atoms with Gasteiger partial charge in [0.15, 0.2) is 0 Å². The minimum atomic E-state index is 0.305. The molecule has 1 aromatic rings. The molecular formula is C12H19NOS. The number of para-hydroxylation sites is 1. The van der Waals surface area contributed by atoms with Gasteiger partial charge in [0.1, 0.15) is 5.75 Å². The molecule has 0 aliphatic rings. The lowest BCUT2D eigenvalue weighted by Crippen LogP contribution is -2.23. The van der Waals surface area contributed by atoms with Crippen LogP contribution >= 0.6 is 11.8 Å². The molecule has 0 radical (unpaired) electrons. The normalized spacial score (nSPS) is 12.4. The molecule has 1 aromatic carbocycles. The third kappa shape index (κ3) is 5.70. The maximum atomic E-state index is 5.89. The van der Waals surface area contributed by atoms with E-state index in [0.29, 0.717) is 6.04 Å². The maximum Gasteiger partial charge on any atom is 0.119 e. The molecule has 2 N–H and O–H groups in total. The van der Waals surface area contributed by atoms with Crippen LogP contribution in [0.1, 0.15) is 12.8 Å².